The van der Waals surface area contributed by atoms with Crippen LogP contribution in [0.4, 0.5) is 26.3 Å². The van der Waals surface area contributed by atoms with Crippen LogP contribution in [0.15, 0.2) is 16.5 Å². The molecule has 28 heavy (non-hydrogen) atoms. The molecule has 11 heteroatoms. The lowest BCUT2D eigenvalue weighted by Gasteiger charge is -2.28. The number of ether oxygens (including phenoxy) is 1. The van der Waals surface area contributed by atoms with Crippen molar-refractivity contribution < 1.29 is 35.5 Å². The predicted molar refractivity (Wildman–Crippen MR) is 84.5 cm³/mol. The van der Waals surface area contributed by atoms with Gasteiger partial charge in [0.1, 0.15) is 16.7 Å². The Balaban J connectivity index is 2.08. The van der Waals surface area contributed by atoms with E-state index in [0.29, 0.717) is 19.3 Å². The van der Waals surface area contributed by atoms with E-state index in [1.807, 2.05) is 0 Å². The van der Waals surface area contributed by atoms with Gasteiger partial charge >= 0.3 is 12.4 Å². The molecule has 0 amide bonds. The van der Waals surface area contributed by atoms with Gasteiger partial charge < -0.3 is 9.15 Å². The molecule has 0 N–H and O–H groups in total. The van der Waals surface area contributed by atoms with Crippen molar-refractivity contribution in [1.29, 1.82) is 0 Å². The zero-order valence-corrected chi connectivity index (χ0v) is 14.8. The number of nitrogens with zero attached hydrogens (tertiary/aromatic N) is 3. The Hall–Kier alpha value is -2.33. The molecule has 3 rings (SSSR count). The van der Waals surface area contributed by atoms with Crippen molar-refractivity contribution in [2.75, 3.05) is 6.61 Å². The molecular formula is C17H17F6N3O2. The predicted octanol–water partition coefficient (Wildman–Crippen LogP) is 5.31. The minimum atomic E-state index is -4.69. The molecule has 0 aliphatic carbocycles. The molecule has 1 atom stereocenters. The van der Waals surface area contributed by atoms with Gasteiger partial charge in [0.05, 0.1) is 6.61 Å². The Labute approximate surface area is 156 Å². The second-order valence-electron chi connectivity index (χ2n) is 6.80. The fraction of sp³-hybridized carbons (Fsp3) is 0.588. The molecule has 154 valence electrons. The van der Waals surface area contributed by atoms with Crippen LogP contribution in [0.3, 0.4) is 0 Å². The summed E-state index contributed by atoms with van der Waals surface area (Å²) >= 11 is 0. The van der Waals surface area contributed by atoms with Crippen molar-refractivity contribution in [3.05, 3.63) is 23.6 Å². The maximum absolute atomic E-state index is 13.7. The van der Waals surface area contributed by atoms with E-state index in [1.54, 1.807) is 0 Å². The fourth-order valence-corrected chi connectivity index (χ4v) is 2.91. The molecule has 2 aromatic rings. The first-order valence-corrected chi connectivity index (χ1v) is 8.64. The number of halogens is 6. The van der Waals surface area contributed by atoms with Crippen molar-refractivity contribution in [3.8, 4) is 17.5 Å². The topological polar surface area (TPSA) is 61.0 Å². The van der Waals surface area contributed by atoms with Crippen molar-refractivity contribution in [1.82, 2.24) is 15.2 Å². The van der Waals surface area contributed by atoms with Crippen LogP contribution in [0.1, 0.15) is 50.5 Å². The van der Waals surface area contributed by atoms with E-state index in [9.17, 15) is 26.3 Å². The van der Waals surface area contributed by atoms with E-state index in [1.165, 1.54) is 0 Å². The Bertz CT molecular complexity index is 833. The van der Waals surface area contributed by atoms with Crippen LogP contribution in [0.2, 0.25) is 0 Å². The standard InChI is InChI=1S/C17H17F6N3O2/c1-15(17(21,22)23)8-4-2-3-5-9-27-12-10(16(18,19)20)6-7-11(24-12)13-25-26-14(15)28-13/h6-7H,2-5,8-9H2,1H3. The van der Waals surface area contributed by atoms with Crippen molar-refractivity contribution in [2.45, 2.75) is 56.8 Å². The van der Waals surface area contributed by atoms with Gasteiger partial charge in [0.2, 0.25) is 11.8 Å². The minimum Gasteiger partial charge on any atom is -0.477 e. The van der Waals surface area contributed by atoms with Crippen molar-refractivity contribution in [3.63, 3.8) is 0 Å². The minimum absolute atomic E-state index is 0.0366. The molecule has 1 aliphatic heterocycles. The number of pyridine rings is 1. The lowest BCUT2D eigenvalue weighted by Crippen LogP contribution is -2.40. The molecule has 3 heterocycles. The molecule has 1 aliphatic rings. The Kier molecular flexibility index (Phi) is 5.28. The first-order chi connectivity index (χ1) is 13.0. The van der Waals surface area contributed by atoms with Gasteiger partial charge in [0.25, 0.3) is 5.89 Å². The Morgan fingerprint density at radius 1 is 0.964 bits per heavy atom. The third-order valence-corrected chi connectivity index (χ3v) is 4.72. The van der Waals surface area contributed by atoms with E-state index in [0.717, 1.165) is 19.1 Å². The molecule has 5 nitrogen and oxygen atoms in total. The highest BCUT2D eigenvalue weighted by Crippen LogP contribution is 2.45. The first-order valence-electron chi connectivity index (χ1n) is 8.64. The number of aromatic nitrogens is 3. The van der Waals surface area contributed by atoms with Gasteiger partial charge in [-0.25, -0.2) is 4.98 Å². The SMILES string of the molecule is CC1(C(F)(F)F)CCCCCCOc2nc(ccc2C(F)(F)F)-c2nnc1o2. The van der Waals surface area contributed by atoms with Gasteiger partial charge in [-0.1, -0.05) is 19.3 Å². The zero-order chi connectivity index (χ0) is 20.6. The second-order valence-corrected chi connectivity index (χ2v) is 6.80. The van der Waals surface area contributed by atoms with Gasteiger partial charge in [-0.3, -0.25) is 0 Å². The van der Waals surface area contributed by atoms with E-state index < -0.39 is 41.0 Å². The second kappa shape index (κ2) is 7.25. The molecule has 0 saturated carbocycles. The van der Waals surface area contributed by atoms with Crippen molar-refractivity contribution in [2.24, 2.45) is 0 Å². The smallest absolute Gasteiger partial charge is 0.421 e. The van der Waals surface area contributed by atoms with Crippen LogP contribution in [0.25, 0.3) is 11.6 Å². The number of hydrogen-bond acceptors (Lipinski definition) is 5. The average molecular weight is 409 g/mol. The average Bonchev–Trinajstić information content (AvgIpc) is 3.08. The van der Waals surface area contributed by atoms with Crippen LogP contribution in [0.5, 0.6) is 5.88 Å². The van der Waals surface area contributed by atoms with Crippen LogP contribution >= 0.6 is 0 Å². The van der Waals surface area contributed by atoms with Gasteiger partial charge in [0.15, 0.2) is 0 Å². The molecular weight excluding hydrogens is 392 g/mol. The number of rotatable bonds is 0. The molecule has 0 aromatic carbocycles. The molecule has 2 aromatic heterocycles. The summed E-state index contributed by atoms with van der Waals surface area (Å²) in [7, 11) is 0. The number of hydrogen-bond donors (Lipinski definition) is 0. The summed E-state index contributed by atoms with van der Waals surface area (Å²) in [6, 6.07) is 1.69. The highest BCUT2D eigenvalue weighted by molar-refractivity contribution is 5.50. The highest BCUT2D eigenvalue weighted by atomic mass is 19.4. The summed E-state index contributed by atoms with van der Waals surface area (Å²) in [5, 5.41) is 7.08. The summed E-state index contributed by atoms with van der Waals surface area (Å²) in [6.45, 7) is 0.941. The van der Waals surface area contributed by atoms with Gasteiger partial charge in [-0.15, -0.1) is 10.2 Å². The Morgan fingerprint density at radius 3 is 2.36 bits per heavy atom. The number of fused-ring (bicyclic) bond motifs is 5. The number of alkyl halides is 6. The van der Waals surface area contributed by atoms with Crippen LogP contribution in [-0.2, 0) is 11.6 Å². The molecule has 0 fully saturated rings. The lowest BCUT2D eigenvalue weighted by atomic mass is 9.83. The van der Waals surface area contributed by atoms with Gasteiger partial charge in [-0.05, 0) is 31.9 Å². The zero-order valence-electron chi connectivity index (χ0n) is 14.8. The van der Waals surface area contributed by atoms with E-state index in [4.69, 9.17) is 9.15 Å². The summed E-state index contributed by atoms with van der Waals surface area (Å²) in [6.07, 6.45) is -7.98. The van der Waals surface area contributed by atoms with Gasteiger partial charge in [-0.2, -0.15) is 26.3 Å². The Morgan fingerprint density at radius 2 is 1.68 bits per heavy atom. The highest BCUT2D eigenvalue weighted by Gasteiger charge is 2.55. The van der Waals surface area contributed by atoms with Crippen LogP contribution in [0, 0.1) is 0 Å². The lowest BCUT2D eigenvalue weighted by molar-refractivity contribution is -0.194. The van der Waals surface area contributed by atoms with E-state index in [2.05, 4.69) is 15.2 Å². The molecule has 0 radical (unpaired) electrons. The third-order valence-electron chi connectivity index (χ3n) is 4.72. The monoisotopic (exact) mass is 409 g/mol. The van der Waals surface area contributed by atoms with E-state index >= 15 is 0 Å². The fourth-order valence-electron chi connectivity index (χ4n) is 2.91. The molecule has 4 bridgehead atoms. The summed E-state index contributed by atoms with van der Waals surface area (Å²) in [4.78, 5) is 3.76. The van der Waals surface area contributed by atoms with Crippen LogP contribution < -0.4 is 4.74 Å². The molecule has 0 saturated heterocycles. The summed E-state index contributed by atoms with van der Waals surface area (Å²) < 4.78 is 90.9. The third kappa shape index (κ3) is 3.93. The molecule has 0 spiro atoms. The van der Waals surface area contributed by atoms with Gasteiger partial charge in [0, 0.05) is 0 Å². The van der Waals surface area contributed by atoms with Crippen LogP contribution in [-0.4, -0.2) is 28.0 Å². The van der Waals surface area contributed by atoms with E-state index in [-0.39, 0.29) is 25.1 Å². The maximum atomic E-state index is 13.7. The summed E-state index contributed by atoms with van der Waals surface area (Å²) in [5.41, 5.74) is -3.63. The first kappa shape index (κ1) is 20.4. The quantitative estimate of drug-likeness (QED) is 0.552. The van der Waals surface area contributed by atoms with Crippen molar-refractivity contribution >= 4 is 0 Å². The largest absolute Gasteiger partial charge is 0.477 e. The molecule has 1 unspecified atom stereocenters. The summed E-state index contributed by atoms with van der Waals surface area (Å²) in [5.74, 6) is -1.71. The normalized spacial score (nSPS) is 21.7. The maximum Gasteiger partial charge on any atom is 0.421 e.